The van der Waals surface area contributed by atoms with Gasteiger partial charge in [-0.05, 0) is 11.6 Å². The van der Waals surface area contributed by atoms with E-state index in [1.165, 1.54) is 11.3 Å². The van der Waals surface area contributed by atoms with Crippen molar-refractivity contribution >= 4 is 11.3 Å². The summed E-state index contributed by atoms with van der Waals surface area (Å²) in [5, 5.41) is 1.92. The van der Waals surface area contributed by atoms with Gasteiger partial charge < -0.3 is 0 Å². The lowest BCUT2D eigenvalue weighted by Crippen LogP contribution is -1.93. The highest BCUT2D eigenvalue weighted by Crippen LogP contribution is 2.55. The first-order valence-corrected chi connectivity index (χ1v) is 5.97. The van der Waals surface area contributed by atoms with E-state index < -0.39 is 11.8 Å². The largest absolute Gasteiger partial charge is 0.255 e. The first-order chi connectivity index (χ1) is 7.67. The molecule has 1 aromatic heterocycles. The van der Waals surface area contributed by atoms with Crippen molar-refractivity contribution in [2.75, 3.05) is 0 Å². The van der Waals surface area contributed by atoms with Gasteiger partial charge in [0, 0.05) is 17.4 Å². The average Bonchev–Trinajstić information content (AvgIpc) is 2.71. The van der Waals surface area contributed by atoms with Crippen molar-refractivity contribution < 1.29 is 8.78 Å². The molecule has 0 radical (unpaired) electrons. The van der Waals surface area contributed by atoms with Crippen LogP contribution in [0.1, 0.15) is 17.9 Å². The molecule has 1 aromatic carbocycles. The second-order valence-corrected chi connectivity index (χ2v) is 4.74. The summed E-state index contributed by atoms with van der Waals surface area (Å²) >= 11 is 1.50. The lowest BCUT2D eigenvalue weighted by Gasteiger charge is -2.02. The maximum absolute atomic E-state index is 12.9. The van der Waals surface area contributed by atoms with E-state index in [0.717, 1.165) is 16.8 Å². The van der Waals surface area contributed by atoms with Gasteiger partial charge in [-0.25, -0.2) is 13.8 Å². The average molecular weight is 237 g/mol. The van der Waals surface area contributed by atoms with Crippen LogP contribution in [0.3, 0.4) is 0 Å². The fourth-order valence-corrected chi connectivity index (χ4v) is 2.41. The van der Waals surface area contributed by atoms with Crippen LogP contribution in [-0.4, -0.2) is 10.9 Å². The second-order valence-electron chi connectivity index (χ2n) is 4.02. The van der Waals surface area contributed by atoms with Crippen LogP contribution in [0.2, 0.25) is 0 Å². The minimum absolute atomic E-state index is 0.0203. The summed E-state index contributed by atoms with van der Waals surface area (Å²) in [4.78, 5) is 4.17. The molecule has 1 heterocycles. The molecular formula is C12H9F2NS. The molecule has 0 unspecified atom stereocenters. The number of benzene rings is 1. The molecule has 0 spiro atoms. The molecule has 1 saturated carbocycles. The van der Waals surface area contributed by atoms with Gasteiger partial charge in [0.1, 0.15) is 0 Å². The van der Waals surface area contributed by atoms with E-state index in [4.69, 9.17) is 0 Å². The van der Waals surface area contributed by atoms with Crippen LogP contribution < -0.4 is 0 Å². The minimum atomic E-state index is -2.50. The summed E-state index contributed by atoms with van der Waals surface area (Å²) in [7, 11) is 0. The number of aromatic nitrogens is 1. The van der Waals surface area contributed by atoms with Gasteiger partial charge in [0.15, 0.2) is 0 Å². The van der Waals surface area contributed by atoms with Gasteiger partial charge in [-0.2, -0.15) is 0 Å². The van der Waals surface area contributed by atoms with E-state index in [2.05, 4.69) is 4.98 Å². The summed E-state index contributed by atoms with van der Waals surface area (Å²) in [5.74, 6) is -3.09. The van der Waals surface area contributed by atoms with E-state index in [1.54, 1.807) is 11.6 Å². The Labute approximate surface area is 95.8 Å². The van der Waals surface area contributed by atoms with E-state index in [0.29, 0.717) is 0 Å². The number of hydrogen-bond acceptors (Lipinski definition) is 2. The van der Waals surface area contributed by atoms with Crippen LogP contribution in [0.4, 0.5) is 8.78 Å². The second kappa shape index (κ2) is 3.35. The van der Waals surface area contributed by atoms with Crippen LogP contribution in [0.5, 0.6) is 0 Å². The zero-order valence-corrected chi connectivity index (χ0v) is 9.18. The predicted octanol–water partition coefficient (Wildman–Crippen LogP) is 3.93. The molecule has 2 aromatic rings. The standard InChI is InChI=1S/C12H9F2NS/c13-12(14)5-10(12)8-2-1-3-9(4-8)11-6-16-7-15-11/h1-4,6-7,10H,5H2/t10-/m0/s1. The molecule has 4 heteroatoms. The number of rotatable bonds is 2. The van der Waals surface area contributed by atoms with Gasteiger partial charge in [0.05, 0.1) is 17.1 Å². The smallest absolute Gasteiger partial charge is 0.245 e. The van der Waals surface area contributed by atoms with Crippen molar-refractivity contribution in [1.82, 2.24) is 4.98 Å². The molecule has 3 rings (SSSR count). The minimum Gasteiger partial charge on any atom is -0.245 e. The lowest BCUT2D eigenvalue weighted by molar-refractivity contribution is 0.112. The highest BCUT2D eigenvalue weighted by atomic mass is 32.1. The van der Waals surface area contributed by atoms with Gasteiger partial charge >= 0.3 is 0 Å². The summed E-state index contributed by atoms with van der Waals surface area (Å²) < 4.78 is 25.9. The molecule has 0 bridgehead atoms. The maximum Gasteiger partial charge on any atom is 0.255 e. The van der Waals surface area contributed by atoms with Crippen LogP contribution in [-0.2, 0) is 0 Å². The number of thiazole rings is 1. The van der Waals surface area contributed by atoms with Crippen LogP contribution >= 0.6 is 11.3 Å². The third-order valence-corrected chi connectivity index (χ3v) is 3.43. The molecule has 0 aliphatic heterocycles. The Morgan fingerprint density at radius 1 is 1.38 bits per heavy atom. The predicted molar refractivity (Wildman–Crippen MR) is 59.9 cm³/mol. The van der Waals surface area contributed by atoms with Crippen LogP contribution in [0, 0.1) is 0 Å². The summed E-state index contributed by atoms with van der Waals surface area (Å²) in [6.45, 7) is 0. The van der Waals surface area contributed by atoms with Gasteiger partial charge in [0.2, 0.25) is 0 Å². The SMILES string of the molecule is FC1(F)C[C@H]1c1cccc(-c2cscn2)c1. The fraction of sp³-hybridized carbons (Fsp3) is 0.250. The van der Waals surface area contributed by atoms with Crippen molar-refractivity contribution in [3.63, 3.8) is 0 Å². The van der Waals surface area contributed by atoms with E-state index in [1.807, 2.05) is 23.6 Å². The molecule has 0 N–H and O–H groups in total. The van der Waals surface area contributed by atoms with Crippen LogP contribution in [0.25, 0.3) is 11.3 Å². The van der Waals surface area contributed by atoms with Gasteiger partial charge in [0.25, 0.3) is 5.92 Å². The Hall–Kier alpha value is -1.29. The van der Waals surface area contributed by atoms with E-state index in [9.17, 15) is 8.78 Å². The van der Waals surface area contributed by atoms with Crippen molar-refractivity contribution in [3.8, 4) is 11.3 Å². The maximum atomic E-state index is 12.9. The quantitative estimate of drug-likeness (QED) is 0.771. The highest BCUT2D eigenvalue weighted by Gasteiger charge is 2.57. The van der Waals surface area contributed by atoms with Crippen molar-refractivity contribution in [1.29, 1.82) is 0 Å². The third kappa shape index (κ3) is 1.63. The van der Waals surface area contributed by atoms with Crippen molar-refractivity contribution in [2.24, 2.45) is 0 Å². The van der Waals surface area contributed by atoms with Crippen molar-refractivity contribution in [3.05, 3.63) is 40.7 Å². The highest BCUT2D eigenvalue weighted by molar-refractivity contribution is 7.07. The number of halogens is 2. The molecule has 1 aliphatic rings. The Morgan fingerprint density at radius 2 is 2.19 bits per heavy atom. The van der Waals surface area contributed by atoms with Crippen LogP contribution in [0.15, 0.2) is 35.2 Å². The molecule has 1 atom stereocenters. The molecule has 82 valence electrons. The fourth-order valence-electron chi connectivity index (χ4n) is 1.84. The number of nitrogens with zero attached hydrogens (tertiary/aromatic N) is 1. The Kier molecular flexibility index (Phi) is 2.07. The Bertz CT molecular complexity index is 507. The summed E-state index contributed by atoms with van der Waals surface area (Å²) in [6.07, 6.45) is -0.0203. The third-order valence-electron chi connectivity index (χ3n) is 2.84. The molecule has 0 saturated heterocycles. The molecule has 16 heavy (non-hydrogen) atoms. The zero-order valence-electron chi connectivity index (χ0n) is 8.36. The molecule has 1 nitrogen and oxygen atoms in total. The first-order valence-electron chi connectivity index (χ1n) is 5.03. The summed E-state index contributed by atoms with van der Waals surface area (Å²) in [5.41, 5.74) is 4.24. The van der Waals surface area contributed by atoms with Gasteiger partial charge in [-0.1, -0.05) is 18.2 Å². The Balaban J connectivity index is 1.95. The van der Waals surface area contributed by atoms with E-state index in [-0.39, 0.29) is 6.42 Å². The van der Waals surface area contributed by atoms with Crippen molar-refractivity contribution in [2.45, 2.75) is 18.3 Å². The van der Waals surface area contributed by atoms with E-state index >= 15 is 0 Å². The van der Waals surface area contributed by atoms with Gasteiger partial charge in [-0.3, -0.25) is 0 Å². The Morgan fingerprint density at radius 3 is 2.81 bits per heavy atom. The molecule has 1 fully saturated rings. The number of alkyl halides is 2. The first kappa shape index (κ1) is 9.90. The monoisotopic (exact) mass is 237 g/mol. The zero-order chi connectivity index (χ0) is 11.2. The lowest BCUT2D eigenvalue weighted by atomic mass is 10.1. The normalized spacial score (nSPS) is 22.0. The molecule has 1 aliphatic carbocycles. The topological polar surface area (TPSA) is 12.9 Å². The molecule has 0 amide bonds. The van der Waals surface area contributed by atoms with Gasteiger partial charge in [-0.15, -0.1) is 11.3 Å². The summed E-state index contributed by atoms with van der Waals surface area (Å²) in [6, 6.07) is 7.31. The number of hydrogen-bond donors (Lipinski definition) is 0. The molecular weight excluding hydrogens is 228 g/mol.